The van der Waals surface area contributed by atoms with Gasteiger partial charge in [0.05, 0.1) is 11.9 Å². The molecule has 0 heterocycles. The predicted octanol–water partition coefficient (Wildman–Crippen LogP) is 2.60. The van der Waals surface area contributed by atoms with Gasteiger partial charge in [0.1, 0.15) is 5.75 Å². The number of para-hydroxylation sites is 1. The standard InChI is InChI=1S/C15H14N2O3/c18-15(19)11-20-14-8-6-12(7-9-14)10-16-17-13-4-2-1-3-5-13/h1-10,17H,11H2,(H,18,19)/b16-10-. The maximum Gasteiger partial charge on any atom is 0.341 e. The monoisotopic (exact) mass is 270 g/mol. The first kappa shape index (κ1) is 13.6. The van der Waals surface area contributed by atoms with Crippen molar-refractivity contribution in [3.8, 4) is 5.75 Å². The molecule has 0 saturated heterocycles. The van der Waals surface area contributed by atoms with Gasteiger partial charge < -0.3 is 9.84 Å². The third-order valence-corrected chi connectivity index (χ3v) is 2.42. The smallest absolute Gasteiger partial charge is 0.341 e. The Labute approximate surface area is 116 Å². The Kier molecular flexibility index (Phi) is 4.72. The van der Waals surface area contributed by atoms with Crippen molar-refractivity contribution in [2.45, 2.75) is 0 Å². The topological polar surface area (TPSA) is 70.9 Å². The van der Waals surface area contributed by atoms with E-state index >= 15 is 0 Å². The van der Waals surface area contributed by atoms with E-state index < -0.39 is 5.97 Å². The fraction of sp³-hybridized carbons (Fsp3) is 0.0667. The SMILES string of the molecule is O=C(O)COc1ccc(/C=N\Nc2ccccc2)cc1. The van der Waals surface area contributed by atoms with Gasteiger partial charge in [0, 0.05) is 0 Å². The molecule has 0 aromatic heterocycles. The summed E-state index contributed by atoms with van der Waals surface area (Å²) in [4.78, 5) is 10.4. The lowest BCUT2D eigenvalue weighted by molar-refractivity contribution is -0.139. The molecule has 2 aromatic carbocycles. The summed E-state index contributed by atoms with van der Waals surface area (Å²) in [5.41, 5.74) is 4.70. The highest BCUT2D eigenvalue weighted by Crippen LogP contribution is 2.11. The summed E-state index contributed by atoms with van der Waals surface area (Å²) in [6.45, 7) is -0.344. The van der Waals surface area contributed by atoms with Crippen LogP contribution in [0.15, 0.2) is 59.7 Å². The fourth-order valence-electron chi connectivity index (χ4n) is 1.49. The first-order valence-electron chi connectivity index (χ1n) is 6.03. The first-order chi connectivity index (χ1) is 9.74. The number of hydrogen-bond acceptors (Lipinski definition) is 4. The number of carboxylic acids is 1. The second kappa shape index (κ2) is 6.94. The number of carbonyl (C=O) groups is 1. The van der Waals surface area contributed by atoms with Gasteiger partial charge in [-0.15, -0.1) is 0 Å². The van der Waals surface area contributed by atoms with Crippen molar-refractivity contribution in [3.63, 3.8) is 0 Å². The normalized spacial score (nSPS) is 10.4. The molecule has 2 rings (SSSR count). The molecule has 0 aliphatic rings. The second-order valence-electron chi connectivity index (χ2n) is 3.99. The summed E-state index contributed by atoms with van der Waals surface area (Å²) >= 11 is 0. The van der Waals surface area contributed by atoms with Crippen LogP contribution >= 0.6 is 0 Å². The summed E-state index contributed by atoms with van der Waals surface area (Å²) in [6.07, 6.45) is 1.67. The summed E-state index contributed by atoms with van der Waals surface area (Å²) in [6, 6.07) is 16.6. The fourth-order valence-corrected chi connectivity index (χ4v) is 1.49. The van der Waals surface area contributed by atoms with Crippen molar-refractivity contribution in [2.75, 3.05) is 12.0 Å². The zero-order chi connectivity index (χ0) is 14.2. The molecule has 0 bridgehead atoms. The third kappa shape index (κ3) is 4.45. The Balaban J connectivity index is 1.88. The van der Waals surface area contributed by atoms with E-state index in [0.717, 1.165) is 11.3 Å². The van der Waals surface area contributed by atoms with Gasteiger partial charge in [-0.3, -0.25) is 5.43 Å². The van der Waals surface area contributed by atoms with Gasteiger partial charge in [0.2, 0.25) is 0 Å². The lowest BCUT2D eigenvalue weighted by Gasteiger charge is -2.03. The average molecular weight is 270 g/mol. The minimum absolute atomic E-state index is 0.344. The molecule has 0 atom stereocenters. The van der Waals surface area contributed by atoms with Crippen LogP contribution in [0.25, 0.3) is 0 Å². The van der Waals surface area contributed by atoms with E-state index in [1.165, 1.54) is 0 Å². The van der Waals surface area contributed by atoms with Crippen LogP contribution in [0.3, 0.4) is 0 Å². The van der Waals surface area contributed by atoms with Gasteiger partial charge >= 0.3 is 5.97 Å². The maximum atomic E-state index is 10.4. The number of nitrogens with one attached hydrogen (secondary N) is 1. The number of ether oxygens (including phenoxy) is 1. The number of nitrogens with zero attached hydrogens (tertiary/aromatic N) is 1. The molecule has 5 nitrogen and oxygen atoms in total. The number of hydrogen-bond donors (Lipinski definition) is 2. The van der Waals surface area contributed by atoms with E-state index in [1.807, 2.05) is 30.3 Å². The summed E-state index contributed by atoms with van der Waals surface area (Å²) in [5.74, 6) is -0.483. The van der Waals surface area contributed by atoms with Crippen LogP contribution in [0.1, 0.15) is 5.56 Å². The van der Waals surface area contributed by atoms with Gasteiger partial charge in [-0.05, 0) is 42.0 Å². The molecule has 0 amide bonds. The molecule has 2 aromatic rings. The van der Waals surface area contributed by atoms with Crippen LogP contribution in [-0.4, -0.2) is 23.9 Å². The van der Waals surface area contributed by atoms with Crippen molar-refractivity contribution < 1.29 is 14.6 Å². The van der Waals surface area contributed by atoms with Gasteiger partial charge in [-0.25, -0.2) is 4.79 Å². The van der Waals surface area contributed by atoms with Crippen LogP contribution in [0.5, 0.6) is 5.75 Å². The van der Waals surface area contributed by atoms with Crippen LogP contribution in [-0.2, 0) is 4.79 Å². The molecule has 20 heavy (non-hydrogen) atoms. The van der Waals surface area contributed by atoms with Crippen molar-refractivity contribution in [3.05, 3.63) is 60.2 Å². The Morgan fingerprint density at radius 2 is 1.85 bits per heavy atom. The highest BCUT2D eigenvalue weighted by Gasteiger charge is 1.98. The molecule has 5 heteroatoms. The summed E-state index contributed by atoms with van der Waals surface area (Å²) in [7, 11) is 0. The van der Waals surface area contributed by atoms with Crippen molar-refractivity contribution >= 4 is 17.9 Å². The predicted molar refractivity (Wildman–Crippen MR) is 77.2 cm³/mol. The summed E-state index contributed by atoms with van der Waals surface area (Å²) < 4.78 is 5.04. The lowest BCUT2D eigenvalue weighted by Crippen LogP contribution is -2.09. The zero-order valence-electron chi connectivity index (χ0n) is 10.7. The van der Waals surface area contributed by atoms with Crippen LogP contribution in [0, 0.1) is 0 Å². The number of hydrazone groups is 1. The molecule has 0 saturated carbocycles. The number of aliphatic carboxylic acids is 1. The van der Waals surface area contributed by atoms with E-state index in [9.17, 15) is 4.79 Å². The van der Waals surface area contributed by atoms with Crippen LogP contribution in [0.4, 0.5) is 5.69 Å². The highest BCUT2D eigenvalue weighted by atomic mass is 16.5. The molecule has 102 valence electrons. The third-order valence-electron chi connectivity index (χ3n) is 2.42. The van der Waals surface area contributed by atoms with Crippen molar-refractivity contribution in [1.82, 2.24) is 0 Å². The number of carboxylic acid groups (broad SMARTS) is 1. The molecule has 0 spiro atoms. The van der Waals surface area contributed by atoms with Crippen LogP contribution < -0.4 is 10.2 Å². The van der Waals surface area contributed by atoms with Crippen LogP contribution in [0.2, 0.25) is 0 Å². The van der Waals surface area contributed by atoms with E-state index in [-0.39, 0.29) is 6.61 Å². The Morgan fingerprint density at radius 3 is 2.50 bits per heavy atom. The quantitative estimate of drug-likeness (QED) is 0.625. The van der Waals surface area contributed by atoms with E-state index in [1.54, 1.807) is 30.5 Å². The van der Waals surface area contributed by atoms with Gasteiger partial charge in [-0.1, -0.05) is 18.2 Å². The molecule has 0 aliphatic heterocycles. The minimum atomic E-state index is -0.997. The molecule has 2 N–H and O–H groups in total. The Bertz CT molecular complexity index is 580. The lowest BCUT2D eigenvalue weighted by atomic mass is 10.2. The van der Waals surface area contributed by atoms with Gasteiger partial charge in [0.15, 0.2) is 6.61 Å². The Morgan fingerprint density at radius 1 is 1.15 bits per heavy atom. The molecule has 0 radical (unpaired) electrons. The molecule has 0 unspecified atom stereocenters. The number of rotatable bonds is 6. The molecular weight excluding hydrogens is 256 g/mol. The van der Waals surface area contributed by atoms with E-state index in [4.69, 9.17) is 9.84 Å². The molecule has 0 fully saturated rings. The number of benzene rings is 2. The zero-order valence-corrected chi connectivity index (χ0v) is 10.7. The highest BCUT2D eigenvalue weighted by molar-refractivity contribution is 5.80. The molecular formula is C15H14N2O3. The second-order valence-corrected chi connectivity index (χ2v) is 3.99. The average Bonchev–Trinajstić information content (AvgIpc) is 2.47. The van der Waals surface area contributed by atoms with Crippen molar-refractivity contribution in [1.29, 1.82) is 0 Å². The number of anilines is 1. The van der Waals surface area contributed by atoms with E-state index in [2.05, 4.69) is 10.5 Å². The van der Waals surface area contributed by atoms with Crippen molar-refractivity contribution in [2.24, 2.45) is 5.10 Å². The van der Waals surface area contributed by atoms with Gasteiger partial charge in [0.25, 0.3) is 0 Å². The van der Waals surface area contributed by atoms with E-state index in [0.29, 0.717) is 5.75 Å². The molecule has 0 aliphatic carbocycles. The van der Waals surface area contributed by atoms with Gasteiger partial charge in [-0.2, -0.15) is 5.10 Å². The summed E-state index contributed by atoms with van der Waals surface area (Å²) in [5, 5.41) is 12.6. The first-order valence-corrected chi connectivity index (χ1v) is 6.03. The maximum absolute atomic E-state index is 10.4. The largest absolute Gasteiger partial charge is 0.482 e. The Hall–Kier alpha value is -2.82. The minimum Gasteiger partial charge on any atom is -0.482 e.